The summed E-state index contributed by atoms with van der Waals surface area (Å²) in [7, 11) is 0. The van der Waals surface area contributed by atoms with Crippen molar-refractivity contribution in [2.75, 3.05) is 6.54 Å². The topological polar surface area (TPSA) is 43.7 Å². The van der Waals surface area contributed by atoms with E-state index in [1.165, 1.54) is 6.07 Å². The second kappa shape index (κ2) is 6.74. The fourth-order valence-electron chi connectivity index (χ4n) is 3.11. The van der Waals surface area contributed by atoms with Crippen LogP contribution in [0, 0.1) is 11.6 Å². The van der Waals surface area contributed by atoms with Crippen molar-refractivity contribution in [1.82, 2.24) is 4.90 Å². The normalized spacial score (nSPS) is 21.7. The van der Waals surface area contributed by atoms with Crippen LogP contribution in [-0.4, -0.2) is 27.8 Å². The molecule has 2 aromatic rings. The summed E-state index contributed by atoms with van der Waals surface area (Å²) in [6.07, 6.45) is 0.0182. The van der Waals surface area contributed by atoms with Gasteiger partial charge in [0, 0.05) is 19.1 Å². The van der Waals surface area contributed by atoms with Crippen LogP contribution >= 0.6 is 0 Å². The Morgan fingerprint density at radius 2 is 1.70 bits per heavy atom. The van der Waals surface area contributed by atoms with E-state index in [-0.39, 0.29) is 12.6 Å². The van der Waals surface area contributed by atoms with Crippen molar-refractivity contribution in [3.8, 4) is 0 Å². The maximum absolute atomic E-state index is 13.5. The minimum atomic E-state index is -0.865. The molecule has 122 valence electrons. The van der Waals surface area contributed by atoms with Crippen molar-refractivity contribution >= 4 is 0 Å². The molecule has 3 rings (SSSR count). The van der Waals surface area contributed by atoms with Crippen LogP contribution in [0.3, 0.4) is 0 Å². The fraction of sp³-hybridized carbons (Fsp3) is 0.333. The molecule has 0 bridgehead atoms. The molecule has 5 heteroatoms. The van der Waals surface area contributed by atoms with Gasteiger partial charge >= 0.3 is 0 Å². The van der Waals surface area contributed by atoms with Crippen LogP contribution in [0.1, 0.15) is 29.2 Å². The molecule has 0 amide bonds. The second-order valence-electron chi connectivity index (χ2n) is 5.98. The molecule has 1 aliphatic rings. The highest BCUT2D eigenvalue weighted by Gasteiger charge is 2.32. The van der Waals surface area contributed by atoms with Crippen LogP contribution in [0.25, 0.3) is 0 Å². The van der Waals surface area contributed by atoms with E-state index in [0.29, 0.717) is 25.1 Å². The van der Waals surface area contributed by atoms with E-state index in [1.54, 1.807) is 6.07 Å². The molecule has 23 heavy (non-hydrogen) atoms. The van der Waals surface area contributed by atoms with Crippen molar-refractivity contribution < 1.29 is 19.0 Å². The van der Waals surface area contributed by atoms with E-state index < -0.39 is 17.7 Å². The van der Waals surface area contributed by atoms with Crippen LogP contribution in [0.5, 0.6) is 0 Å². The van der Waals surface area contributed by atoms with E-state index >= 15 is 0 Å². The summed E-state index contributed by atoms with van der Waals surface area (Å²) in [4.78, 5) is 2.06. The fourth-order valence-corrected chi connectivity index (χ4v) is 3.11. The van der Waals surface area contributed by atoms with Gasteiger partial charge in [-0.1, -0.05) is 30.3 Å². The third kappa shape index (κ3) is 3.58. The van der Waals surface area contributed by atoms with Gasteiger partial charge in [-0.25, -0.2) is 8.78 Å². The lowest BCUT2D eigenvalue weighted by molar-refractivity contribution is 0.172. The van der Waals surface area contributed by atoms with Gasteiger partial charge in [-0.2, -0.15) is 0 Å². The van der Waals surface area contributed by atoms with Crippen molar-refractivity contribution in [1.29, 1.82) is 0 Å². The number of aliphatic hydroxyl groups excluding tert-OH is 2. The Kier molecular flexibility index (Phi) is 4.71. The quantitative estimate of drug-likeness (QED) is 0.911. The average molecular weight is 319 g/mol. The molecule has 0 aromatic heterocycles. The minimum absolute atomic E-state index is 0.000188. The summed E-state index contributed by atoms with van der Waals surface area (Å²) >= 11 is 0. The molecular weight excluding hydrogens is 300 g/mol. The molecule has 1 saturated heterocycles. The van der Waals surface area contributed by atoms with E-state index in [0.717, 1.165) is 17.2 Å². The van der Waals surface area contributed by atoms with Gasteiger partial charge in [0.15, 0.2) is 11.6 Å². The Bertz CT molecular complexity index is 675. The molecule has 0 spiro atoms. The first-order chi connectivity index (χ1) is 11.1. The Morgan fingerprint density at radius 3 is 2.35 bits per heavy atom. The second-order valence-corrected chi connectivity index (χ2v) is 5.98. The predicted octanol–water partition coefficient (Wildman–Crippen LogP) is 2.77. The number of β-amino-alcohol motifs (C(OH)–C–C–N with tert-alkyl or cyclic N) is 1. The standard InChI is InChI=1S/C18H19F2NO2/c19-16-6-5-14(7-17(16)20)18-8-15(23)10-21(18)9-12-1-3-13(11-22)4-2-12/h1-7,15,18,22-23H,8-11H2/t15-,18+/m0/s1. The SMILES string of the molecule is OCc1ccc(CN2C[C@@H](O)C[C@@H]2c2ccc(F)c(F)c2)cc1. The number of halogens is 2. The van der Waals surface area contributed by atoms with Gasteiger partial charge in [0.2, 0.25) is 0 Å². The molecule has 1 aliphatic heterocycles. The molecule has 0 aliphatic carbocycles. The number of benzene rings is 2. The smallest absolute Gasteiger partial charge is 0.159 e. The monoisotopic (exact) mass is 319 g/mol. The lowest BCUT2D eigenvalue weighted by atomic mass is 10.0. The van der Waals surface area contributed by atoms with Crippen LogP contribution < -0.4 is 0 Å². The lowest BCUT2D eigenvalue weighted by Crippen LogP contribution is -2.24. The number of hydrogen-bond donors (Lipinski definition) is 2. The summed E-state index contributed by atoms with van der Waals surface area (Å²) in [5.74, 6) is -1.73. The zero-order valence-electron chi connectivity index (χ0n) is 12.6. The summed E-state index contributed by atoms with van der Waals surface area (Å²) in [5, 5.41) is 19.0. The highest BCUT2D eigenvalue weighted by Crippen LogP contribution is 2.34. The number of hydrogen-bond acceptors (Lipinski definition) is 3. The van der Waals surface area contributed by atoms with Crippen molar-refractivity contribution in [2.24, 2.45) is 0 Å². The zero-order valence-corrected chi connectivity index (χ0v) is 12.6. The number of nitrogens with zero attached hydrogens (tertiary/aromatic N) is 1. The third-order valence-electron chi connectivity index (χ3n) is 4.30. The van der Waals surface area contributed by atoms with E-state index in [2.05, 4.69) is 4.90 Å². The van der Waals surface area contributed by atoms with Crippen LogP contribution in [-0.2, 0) is 13.2 Å². The number of aliphatic hydroxyl groups is 2. The van der Waals surface area contributed by atoms with E-state index in [4.69, 9.17) is 5.11 Å². The molecule has 0 radical (unpaired) electrons. The molecule has 1 fully saturated rings. The molecule has 1 heterocycles. The van der Waals surface area contributed by atoms with Crippen molar-refractivity contribution in [3.63, 3.8) is 0 Å². The minimum Gasteiger partial charge on any atom is -0.392 e. The molecule has 2 aromatic carbocycles. The summed E-state index contributed by atoms with van der Waals surface area (Å²) in [6.45, 7) is 1.10. The van der Waals surface area contributed by atoms with Gasteiger partial charge < -0.3 is 10.2 Å². The molecule has 0 saturated carbocycles. The van der Waals surface area contributed by atoms with E-state index in [1.807, 2.05) is 24.3 Å². The lowest BCUT2D eigenvalue weighted by Gasteiger charge is -2.24. The maximum atomic E-state index is 13.5. The Labute approximate surface area is 133 Å². The van der Waals surface area contributed by atoms with Crippen molar-refractivity contribution in [3.05, 3.63) is 70.8 Å². The molecule has 2 N–H and O–H groups in total. The first-order valence-corrected chi connectivity index (χ1v) is 7.62. The first-order valence-electron chi connectivity index (χ1n) is 7.62. The maximum Gasteiger partial charge on any atom is 0.159 e. The van der Waals surface area contributed by atoms with Gasteiger partial charge in [0.25, 0.3) is 0 Å². The summed E-state index contributed by atoms with van der Waals surface area (Å²) in [6, 6.07) is 11.3. The van der Waals surface area contributed by atoms with E-state index in [9.17, 15) is 13.9 Å². The highest BCUT2D eigenvalue weighted by molar-refractivity contribution is 5.25. The van der Waals surface area contributed by atoms with Crippen LogP contribution in [0.15, 0.2) is 42.5 Å². The average Bonchev–Trinajstić information content (AvgIpc) is 2.91. The third-order valence-corrected chi connectivity index (χ3v) is 4.30. The van der Waals surface area contributed by atoms with Gasteiger partial charge in [-0.15, -0.1) is 0 Å². The Morgan fingerprint density at radius 1 is 1.00 bits per heavy atom. The molecular formula is C18H19F2NO2. The van der Waals surface area contributed by atoms with Gasteiger partial charge in [-0.3, -0.25) is 4.90 Å². The largest absolute Gasteiger partial charge is 0.392 e. The van der Waals surface area contributed by atoms with Gasteiger partial charge in [0.1, 0.15) is 0 Å². The molecule has 0 unspecified atom stereocenters. The summed E-state index contributed by atoms with van der Waals surface area (Å²) < 4.78 is 26.6. The predicted molar refractivity (Wildman–Crippen MR) is 82.5 cm³/mol. The van der Waals surface area contributed by atoms with Crippen molar-refractivity contribution in [2.45, 2.75) is 31.7 Å². The van der Waals surface area contributed by atoms with Gasteiger partial charge in [0.05, 0.1) is 12.7 Å². The first kappa shape index (κ1) is 16.1. The zero-order chi connectivity index (χ0) is 16.4. The highest BCUT2D eigenvalue weighted by atomic mass is 19.2. The van der Waals surface area contributed by atoms with Crippen LogP contribution in [0.4, 0.5) is 8.78 Å². The Balaban J connectivity index is 1.79. The molecule has 3 nitrogen and oxygen atoms in total. The Hall–Kier alpha value is -1.82. The van der Waals surface area contributed by atoms with Crippen LogP contribution in [0.2, 0.25) is 0 Å². The molecule has 2 atom stereocenters. The number of rotatable bonds is 4. The summed E-state index contributed by atoms with van der Waals surface area (Å²) in [5.41, 5.74) is 2.56. The number of likely N-dealkylation sites (tertiary alicyclic amines) is 1. The van der Waals surface area contributed by atoms with Gasteiger partial charge in [-0.05, 0) is 35.2 Å².